The number of hydrogen-bond acceptors (Lipinski definition) is 2. The normalized spacial score (nSPS) is 14.9. The molecule has 0 bridgehead atoms. The average molecular weight is 193 g/mol. The molecule has 14 heavy (non-hydrogen) atoms. The molecule has 78 valence electrons. The molecule has 2 heteroatoms. The summed E-state index contributed by atoms with van der Waals surface area (Å²) in [7, 11) is 0. The Labute approximate surface area is 86.1 Å². The van der Waals surface area contributed by atoms with Gasteiger partial charge in [0.2, 0.25) is 0 Å². The third-order valence-electron chi connectivity index (χ3n) is 2.30. The Morgan fingerprint density at radius 1 is 1.36 bits per heavy atom. The Hall–Kier alpha value is -1.02. The smallest absolute Gasteiger partial charge is 0.120 e. The first-order chi connectivity index (χ1) is 6.63. The standard InChI is InChI=1S/C12H19NO/c1-4-9(2)14-12-7-5-6-11(8-12)10(3)13/h5-10H,4,13H2,1-3H3/t9-,10+/m1/s1. The van der Waals surface area contributed by atoms with Crippen LogP contribution in [0.3, 0.4) is 0 Å². The highest BCUT2D eigenvalue weighted by molar-refractivity contribution is 5.30. The van der Waals surface area contributed by atoms with E-state index in [0.29, 0.717) is 0 Å². The molecule has 1 aromatic rings. The minimum absolute atomic E-state index is 0.0653. The number of hydrogen-bond donors (Lipinski definition) is 1. The maximum atomic E-state index is 5.79. The van der Waals surface area contributed by atoms with Crippen molar-refractivity contribution >= 4 is 0 Å². The lowest BCUT2D eigenvalue weighted by molar-refractivity contribution is 0.217. The molecular formula is C12H19NO. The summed E-state index contributed by atoms with van der Waals surface area (Å²) >= 11 is 0. The summed E-state index contributed by atoms with van der Waals surface area (Å²) in [6, 6.07) is 8.05. The Bertz CT molecular complexity index is 283. The van der Waals surface area contributed by atoms with Crippen LogP contribution in [0.2, 0.25) is 0 Å². The summed E-state index contributed by atoms with van der Waals surface area (Å²) < 4.78 is 5.70. The Kier molecular flexibility index (Phi) is 3.96. The van der Waals surface area contributed by atoms with E-state index in [1.807, 2.05) is 31.2 Å². The monoisotopic (exact) mass is 193 g/mol. The molecule has 0 aromatic heterocycles. The molecule has 0 spiro atoms. The first-order valence-electron chi connectivity index (χ1n) is 5.15. The van der Waals surface area contributed by atoms with E-state index >= 15 is 0 Å². The van der Waals surface area contributed by atoms with Gasteiger partial charge in [0.1, 0.15) is 5.75 Å². The van der Waals surface area contributed by atoms with Crippen LogP contribution in [0, 0.1) is 0 Å². The van der Waals surface area contributed by atoms with Gasteiger partial charge in [-0.15, -0.1) is 0 Å². The van der Waals surface area contributed by atoms with Gasteiger partial charge in [-0.2, -0.15) is 0 Å². The van der Waals surface area contributed by atoms with Crippen LogP contribution in [-0.2, 0) is 0 Å². The molecule has 0 unspecified atom stereocenters. The lowest BCUT2D eigenvalue weighted by Gasteiger charge is -2.14. The maximum Gasteiger partial charge on any atom is 0.120 e. The molecule has 0 aliphatic rings. The fourth-order valence-corrected chi connectivity index (χ4v) is 1.19. The second-order valence-electron chi connectivity index (χ2n) is 3.70. The van der Waals surface area contributed by atoms with Crippen molar-refractivity contribution in [3.8, 4) is 5.75 Å². The number of benzene rings is 1. The van der Waals surface area contributed by atoms with E-state index < -0.39 is 0 Å². The van der Waals surface area contributed by atoms with Gasteiger partial charge in [-0.1, -0.05) is 19.1 Å². The zero-order valence-corrected chi connectivity index (χ0v) is 9.16. The van der Waals surface area contributed by atoms with E-state index in [4.69, 9.17) is 10.5 Å². The van der Waals surface area contributed by atoms with Crippen molar-refractivity contribution in [2.45, 2.75) is 39.3 Å². The highest BCUT2D eigenvalue weighted by atomic mass is 16.5. The van der Waals surface area contributed by atoms with E-state index in [-0.39, 0.29) is 12.1 Å². The molecule has 0 radical (unpaired) electrons. The van der Waals surface area contributed by atoms with Gasteiger partial charge >= 0.3 is 0 Å². The molecule has 0 aliphatic heterocycles. The van der Waals surface area contributed by atoms with Crippen LogP contribution in [0.5, 0.6) is 5.75 Å². The predicted octanol–water partition coefficient (Wildman–Crippen LogP) is 2.88. The van der Waals surface area contributed by atoms with Gasteiger partial charge in [-0.25, -0.2) is 0 Å². The zero-order valence-electron chi connectivity index (χ0n) is 9.16. The summed E-state index contributed by atoms with van der Waals surface area (Å²) in [5.74, 6) is 0.911. The summed E-state index contributed by atoms with van der Waals surface area (Å²) in [5, 5.41) is 0. The first kappa shape index (κ1) is 11.1. The second-order valence-corrected chi connectivity index (χ2v) is 3.70. The predicted molar refractivity (Wildman–Crippen MR) is 59.4 cm³/mol. The quantitative estimate of drug-likeness (QED) is 0.798. The minimum Gasteiger partial charge on any atom is -0.491 e. The summed E-state index contributed by atoms with van der Waals surface area (Å²) in [6.45, 7) is 6.15. The molecule has 0 saturated carbocycles. The van der Waals surface area contributed by atoms with Crippen LogP contribution >= 0.6 is 0 Å². The van der Waals surface area contributed by atoms with Crippen molar-refractivity contribution in [1.29, 1.82) is 0 Å². The van der Waals surface area contributed by atoms with E-state index in [1.165, 1.54) is 0 Å². The Balaban J connectivity index is 2.73. The van der Waals surface area contributed by atoms with Gasteiger partial charge in [-0.3, -0.25) is 0 Å². The number of rotatable bonds is 4. The van der Waals surface area contributed by atoms with Crippen LogP contribution in [-0.4, -0.2) is 6.10 Å². The van der Waals surface area contributed by atoms with Crippen LogP contribution in [0.25, 0.3) is 0 Å². The van der Waals surface area contributed by atoms with E-state index in [0.717, 1.165) is 17.7 Å². The molecule has 1 aromatic carbocycles. The summed E-state index contributed by atoms with van der Waals surface area (Å²) in [5.41, 5.74) is 6.91. The van der Waals surface area contributed by atoms with Crippen LogP contribution < -0.4 is 10.5 Å². The van der Waals surface area contributed by atoms with Gasteiger partial charge in [0.05, 0.1) is 6.10 Å². The van der Waals surface area contributed by atoms with Crippen molar-refractivity contribution < 1.29 is 4.74 Å². The van der Waals surface area contributed by atoms with Gasteiger partial charge in [0.15, 0.2) is 0 Å². The van der Waals surface area contributed by atoms with Crippen LogP contribution in [0.1, 0.15) is 38.8 Å². The maximum absolute atomic E-state index is 5.79. The van der Waals surface area contributed by atoms with Gasteiger partial charge in [-0.05, 0) is 38.0 Å². The molecule has 0 heterocycles. The highest BCUT2D eigenvalue weighted by Gasteiger charge is 2.03. The van der Waals surface area contributed by atoms with Crippen molar-refractivity contribution in [2.24, 2.45) is 5.73 Å². The van der Waals surface area contributed by atoms with Gasteiger partial charge in [0.25, 0.3) is 0 Å². The molecule has 1 rings (SSSR count). The van der Waals surface area contributed by atoms with Crippen molar-refractivity contribution in [2.75, 3.05) is 0 Å². The molecular weight excluding hydrogens is 174 g/mol. The zero-order chi connectivity index (χ0) is 10.6. The summed E-state index contributed by atoms with van der Waals surface area (Å²) in [6.07, 6.45) is 1.28. The summed E-state index contributed by atoms with van der Waals surface area (Å²) in [4.78, 5) is 0. The lowest BCUT2D eigenvalue weighted by Crippen LogP contribution is -2.10. The van der Waals surface area contributed by atoms with E-state index in [9.17, 15) is 0 Å². The van der Waals surface area contributed by atoms with Crippen molar-refractivity contribution in [3.63, 3.8) is 0 Å². The molecule has 0 aliphatic carbocycles. The first-order valence-corrected chi connectivity index (χ1v) is 5.15. The van der Waals surface area contributed by atoms with Crippen molar-refractivity contribution in [1.82, 2.24) is 0 Å². The Morgan fingerprint density at radius 2 is 2.07 bits per heavy atom. The molecule has 0 saturated heterocycles. The third-order valence-corrected chi connectivity index (χ3v) is 2.30. The van der Waals surface area contributed by atoms with E-state index in [1.54, 1.807) is 0 Å². The largest absolute Gasteiger partial charge is 0.491 e. The number of nitrogens with two attached hydrogens (primary N) is 1. The molecule has 0 fully saturated rings. The van der Waals surface area contributed by atoms with Crippen LogP contribution in [0.4, 0.5) is 0 Å². The fourth-order valence-electron chi connectivity index (χ4n) is 1.19. The fraction of sp³-hybridized carbons (Fsp3) is 0.500. The second kappa shape index (κ2) is 5.01. The average Bonchev–Trinajstić information content (AvgIpc) is 2.18. The van der Waals surface area contributed by atoms with E-state index in [2.05, 4.69) is 13.8 Å². The topological polar surface area (TPSA) is 35.2 Å². The molecule has 0 amide bonds. The lowest BCUT2D eigenvalue weighted by atomic mass is 10.1. The van der Waals surface area contributed by atoms with Gasteiger partial charge < -0.3 is 10.5 Å². The third kappa shape index (κ3) is 3.04. The van der Waals surface area contributed by atoms with Crippen LogP contribution in [0.15, 0.2) is 24.3 Å². The van der Waals surface area contributed by atoms with Gasteiger partial charge in [0, 0.05) is 6.04 Å². The molecule has 2 atom stereocenters. The minimum atomic E-state index is 0.0653. The number of ether oxygens (including phenoxy) is 1. The molecule has 2 nitrogen and oxygen atoms in total. The Morgan fingerprint density at radius 3 is 2.64 bits per heavy atom. The molecule has 2 N–H and O–H groups in total. The van der Waals surface area contributed by atoms with Crippen molar-refractivity contribution in [3.05, 3.63) is 29.8 Å². The SMILES string of the molecule is CC[C@@H](C)Oc1cccc([C@H](C)N)c1. The highest BCUT2D eigenvalue weighted by Crippen LogP contribution is 2.19.